The Morgan fingerprint density at radius 1 is 1.40 bits per heavy atom. The Bertz CT molecular complexity index is 497. The first kappa shape index (κ1) is 14.9. The van der Waals surface area contributed by atoms with E-state index in [1.54, 1.807) is 7.11 Å². The molecule has 2 rings (SSSR count). The summed E-state index contributed by atoms with van der Waals surface area (Å²) in [5.74, 6) is 7.50. The molecule has 0 bridgehead atoms. The van der Waals surface area contributed by atoms with Crippen molar-refractivity contribution in [3.8, 4) is 17.6 Å². The lowest BCUT2D eigenvalue weighted by molar-refractivity contribution is 0.268. The predicted molar refractivity (Wildman–Crippen MR) is 80.6 cm³/mol. The highest BCUT2D eigenvalue weighted by molar-refractivity contribution is 5.45. The molecular weight excluding hydrogens is 250 g/mol. The van der Waals surface area contributed by atoms with Crippen molar-refractivity contribution in [2.24, 2.45) is 5.92 Å². The lowest BCUT2D eigenvalue weighted by Gasteiger charge is -2.21. The van der Waals surface area contributed by atoms with Gasteiger partial charge in [0.15, 0.2) is 0 Å². The van der Waals surface area contributed by atoms with Gasteiger partial charge in [0.1, 0.15) is 12.4 Å². The number of nitrogens with zero attached hydrogens (tertiary/aromatic N) is 1. The number of rotatable bonds is 6. The summed E-state index contributed by atoms with van der Waals surface area (Å²) in [6.07, 6.45) is 2.73. The number of hydrogen-bond donors (Lipinski definition) is 1. The van der Waals surface area contributed by atoms with Crippen LogP contribution in [-0.4, -0.2) is 36.8 Å². The van der Waals surface area contributed by atoms with E-state index >= 15 is 0 Å². The highest BCUT2D eigenvalue weighted by Gasteiger charge is 2.23. The minimum absolute atomic E-state index is 0.106. The van der Waals surface area contributed by atoms with Gasteiger partial charge < -0.3 is 9.84 Å². The SMILES string of the molecule is CCN(Cc1cc(OC)ccc1C#CCO)CC1CC1. The summed E-state index contributed by atoms with van der Waals surface area (Å²) < 4.78 is 5.31. The van der Waals surface area contributed by atoms with E-state index in [-0.39, 0.29) is 6.61 Å². The Morgan fingerprint density at radius 2 is 2.20 bits per heavy atom. The van der Waals surface area contributed by atoms with E-state index in [4.69, 9.17) is 9.84 Å². The summed E-state index contributed by atoms with van der Waals surface area (Å²) >= 11 is 0. The molecular formula is C17H23NO2. The molecule has 1 fully saturated rings. The van der Waals surface area contributed by atoms with Crippen molar-refractivity contribution in [2.45, 2.75) is 26.3 Å². The Kier molecular flexibility index (Phi) is 5.46. The van der Waals surface area contributed by atoms with Gasteiger partial charge in [0.25, 0.3) is 0 Å². The van der Waals surface area contributed by atoms with Crippen molar-refractivity contribution in [2.75, 3.05) is 26.8 Å². The summed E-state index contributed by atoms with van der Waals surface area (Å²) in [5.41, 5.74) is 2.15. The molecule has 1 aromatic carbocycles. The summed E-state index contributed by atoms with van der Waals surface area (Å²) in [5, 5.41) is 8.87. The molecule has 0 spiro atoms. The fraction of sp³-hybridized carbons (Fsp3) is 0.529. The van der Waals surface area contributed by atoms with E-state index < -0.39 is 0 Å². The molecule has 1 aromatic rings. The zero-order valence-electron chi connectivity index (χ0n) is 12.4. The second kappa shape index (κ2) is 7.33. The largest absolute Gasteiger partial charge is 0.497 e. The maximum absolute atomic E-state index is 8.87. The minimum atomic E-state index is -0.106. The van der Waals surface area contributed by atoms with Gasteiger partial charge >= 0.3 is 0 Å². The van der Waals surface area contributed by atoms with Crippen LogP contribution in [0, 0.1) is 17.8 Å². The average molecular weight is 273 g/mol. The third-order valence-corrected chi connectivity index (χ3v) is 3.67. The van der Waals surface area contributed by atoms with Gasteiger partial charge in [0, 0.05) is 18.7 Å². The molecule has 1 aliphatic carbocycles. The molecule has 0 atom stereocenters. The maximum atomic E-state index is 8.87. The van der Waals surface area contributed by atoms with Gasteiger partial charge in [-0.1, -0.05) is 18.8 Å². The standard InChI is InChI=1S/C17H23NO2/c1-3-18(12-14-6-7-14)13-16-11-17(20-2)9-8-15(16)5-4-10-19/h8-9,11,14,19H,3,6-7,10,12-13H2,1-2H3. The van der Waals surface area contributed by atoms with Crippen LogP contribution in [0.2, 0.25) is 0 Å². The molecule has 0 aromatic heterocycles. The Balaban J connectivity index is 2.16. The van der Waals surface area contributed by atoms with Gasteiger partial charge in [-0.3, -0.25) is 4.90 Å². The van der Waals surface area contributed by atoms with Crippen LogP contribution in [0.1, 0.15) is 30.9 Å². The van der Waals surface area contributed by atoms with E-state index in [0.717, 1.165) is 30.3 Å². The third kappa shape index (κ3) is 4.26. The first-order valence-electron chi connectivity index (χ1n) is 7.25. The van der Waals surface area contributed by atoms with Crippen molar-refractivity contribution in [1.29, 1.82) is 0 Å². The maximum Gasteiger partial charge on any atom is 0.119 e. The van der Waals surface area contributed by atoms with Crippen LogP contribution in [0.4, 0.5) is 0 Å². The van der Waals surface area contributed by atoms with Gasteiger partial charge in [0.2, 0.25) is 0 Å². The van der Waals surface area contributed by atoms with Crippen LogP contribution >= 0.6 is 0 Å². The molecule has 0 aliphatic heterocycles. The molecule has 1 N–H and O–H groups in total. The highest BCUT2D eigenvalue weighted by atomic mass is 16.5. The predicted octanol–water partition coefficient (Wildman–Crippen LogP) is 2.27. The van der Waals surface area contributed by atoms with Gasteiger partial charge in [-0.15, -0.1) is 0 Å². The minimum Gasteiger partial charge on any atom is -0.497 e. The molecule has 1 saturated carbocycles. The van der Waals surface area contributed by atoms with E-state index in [9.17, 15) is 0 Å². The number of aliphatic hydroxyl groups excluding tert-OH is 1. The lowest BCUT2D eigenvalue weighted by Crippen LogP contribution is -2.25. The number of benzene rings is 1. The Morgan fingerprint density at radius 3 is 2.80 bits per heavy atom. The lowest BCUT2D eigenvalue weighted by atomic mass is 10.1. The number of hydrogen-bond acceptors (Lipinski definition) is 3. The van der Waals surface area contributed by atoms with Gasteiger partial charge in [-0.05, 0) is 49.1 Å². The zero-order valence-corrected chi connectivity index (χ0v) is 12.4. The fourth-order valence-corrected chi connectivity index (χ4v) is 2.30. The van der Waals surface area contributed by atoms with Gasteiger partial charge in [-0.2, -0.15) is 0 Å². The van der Waals surface area contributed by atoms with E-state index in [1.807, 2.05) is 12.1 Å². The molecule has 108 valence electrons. The summed E-state index contributed by atoms with van der Waals surface area (Å²) in [6.45, 7) is 5.19. The zero-order chi connectivity index (χ0) is 14.4. The van der Waals surface area contributed by atoms with Crippen LogP contribution in [0.25, 0.3) is 0 Å². The van der Waals surface area contributed by atoms with Gasteiger partial charge in [0.05, 0.1) is 7.11 Å². The molecule has 0 amide bonds. The number of methoxy groups -OCH3 is 1. The van der Waals surface area contributed by atoms with E-state index in [2.05, 4.69) is 29.7 Å². The molecule has 0 radical (unpaired) electrons. The van der Waals surface area contributed by atoms with Crippen LogP contribution < -0.4 is 4.74 Å². The van der Waals surface area contributed by atoms with Crippen molar-refractivity contribution in [3.63, 3.8) is 0 Å². The van der Waals surface area contributed by atoms with Gasteiger partial charge in [-0.25, -0.2) is 0 Å². The van der Waals surface area contributed by atoms with Crippen LogP contribution in [0.3, 0.4) is 0 Å². The second-order valence-electron chi connectivity index (χ2n) is 5.25. The van der Waals surface area contributed by atoms with Crippen LogP contribution in [0.15, 0.2) is 18.2 Å². The average Bonchev–Trinajstić information content (AvgIpc) is 3.29. The van der Waals surface area contributed by atoms with Crippen molar-refractivity contribution >= 4 is 0 Å². The topological polar surface area (TPSA) is 32.7 Å². The number of ether oxygens (including phenoxy) is 1. The molecule has 0 unspecified atom stereocenters. The molecule has 3 nitrogen and oxygen atoms in total. The molecule has 0 heterocycles. The highest BCUT2D eigenvalue weighted by Crippen LogP contribution is 2.30. The first-order chi connectivity index (χ1) is 9.76. The monoisotopic (exact) mass is 273 g/mol. The van der Waals surface area contributed by atoms with Crippen molar-refractivity contribution < 1.29 is 9.84 Å². The first-order valence-corrected chi connectivity index (χ1v) is 7.25. The van der Waals surface area contributed by atoms with Crippen LogP contribution in [0.5, 0.6) is 5.75 Å². The van der Waals surface area contributed by atoms with E-state index in [0.29, 0.717) is 0 Å². The van der Waals surface area contributed by atoms with Crippen LogP contribution in [-0.2, 0) is 6.54 Å². The normalized spacial score (nSPS) is 14.0. The Hall–Kier alpha value is -1.50. The fourth-order valence-electron chi connectivity index (χ4n) is 2.30. The summed E-state index contributed by atoms with van der Waals surface area (Å²) in [6, 6.07) is 5.95. The summed E-state index contributed by atoms with van der Waals surface area (Å²) in [4.78, 5) is 2.45. The number of aliphatic hydroxyl groups is 1. The van der Waals surface area contributed by atoms with Crippen molar-refractivity contribution in [3.05, 3.63) is 29.3 Å². The van der Waals surface area contributed by atoms with Crippen molar-refractivity contribution in [1.82, 2.24) is 4.90 Å². The van der Waals surface area contributed by atoms with E-state index in [1.165, 1.54) is 24.9 Å². The Labute approximate surface area is 121 Å². The third-order valence-electron chi connectivity index (χ3n) is 3.67. The molecule has 0 saturated heterocycles. The second-order valence-corrected chi connectivity index (χ2v) is 5.25. The quantitative estimate of drug-likeness (QED) is 0.807. The smallest absolute Gasteiger partial charge is 0.119 e. The molecule has 3 heteroatoms. The summed E-state index contributed by atoms with van der Waals surface area (Å²) in [7, 11) is 1.68. The molecule has 20 heavy (non-hydrogen) atoms. The molecule has 1 aliphatic rings.